The molecule has 0 atom stereocenters. The fourth-order valence-electron chi connectivity index (χ4n) is 2.77. The molecule has 0 aromatic heterocycles. The quantitative estimate of drug-likeness (QED) is 0.638. The van der Waals surface area contributed by atoms with Crippen LogP contribution in [-0.2, 0) is 6.54 Å². The summed E-state index contributed by atoms with van der Waals surface area (Å²) in [6.07, 6.45) is 4.74. The van der Waals surface area contributed by atoms with Gasteiger partial charge in [0.25, 0.3) is 0 Å². The lowest BCUT2D eigenvalue weighted by molar-refractivity contribution is -0.0306. The van der Waals surface area contributed by atoms with Gasteiger partial charge in [0.2, 0.25) is 0 Å². The summed E-state index contributed by atoms with van der Waals surface area (Å²) >= 11 is 5.69. The summed E-state index contributed by atoms with van der Waals surface area (Å²) in [6.45, 7) is 2.98. The standard InChI is InChI=1S/C16H24ClNO/c17-11-5-4-8-16(19)9-12-18(13-10-16)14-15-6-2-1-3-7-15/h1-3,6-7,19H,4-5,8-14H2. The van der Waals surface area contributed by atoms with E-state index in [1.165, 1.54) is 5.56 Å². The molecule has 1 aromatic carbocycles. The average Bonchev–Trinajstić information content (AvgIpc) is 2.43. The molecule has 2 nitrogen and oxygen atoms in total. The zero-order chi connectivity index (χ0) is 13.6. The van der Waals surface area contributed by atoms with Crippen molar-refractivity contribution in [1.29, 1.82) is 0 Å². The van der Waals surface area contributed by atoms with Crippen LogP contribution in [0.1, 0.15) is 37.7 Å². The van der Waals surface area contributed by atoms with E-state index in [1.54, 1.807) is 0 Å². The van der Waals surface area contributed by atoms with E-state index in [1.807, 2.05) is 0 Å². The number of aliphatic hydroxyl groups is 1. The zero-order valence-corrected chi connectivity index (χ0v) is 12.3. The molecule has 1 fully saturated rings. The number of nitrogens with zero attached hydrogens (tertiary/aromatic N) is 1. The lowest BCUT2D eigenvalue weighted by Crippen LogP contribution is -2.43. The highest BCUT2D eigenvalue weighted by Crippen LogP contribution is 2.28. The molecule has 0 bridgehead atoms. The number of hydrogen-bond acceptors (Lipinski definition) is 2. The van der Waals surface area contributed by atoms with Gasteiger partial charge in [-0.3, -0.25) is 4.90 Å². The SMILES string of the molecule is OC1(CCCCCl)CCN(Cc2ccccc2)CC1. The molecule has 0 spiro atoms. The van der Waals surface area contributed by atoms with E-state index in [2.05, 4.69) is 35.2 Å². The Bertz CT molecular complexity index is 360. The first kappa shape index (κ1) is 14.8. The Morgan fingerprint density at radius 3 is 2.42 bits per heavy atom. The highest BCUT2D eigenvalue weighted by molar-refractivity contribution is 6.17. The summed E-state index contributed by atoms with van der Waals surface area (Å²) in [5, 5.41) is 10.5. The number of piperidine rings is 1. The predicted molar refractivity (Wildman–Crippen MR) is 80.5 cm³/mol. The van der Waals surface area contributed by atoms with E-state index in [-0.39, 0.29) is 0 Å². The number of alkyl halides is 1. The van der Waals surface area contributed by atoms with Crippen LogP contribution in [0.25, 0.3) is 0 Å². The minimum atomic E-state index is -0.445. The maximum absolute atomic E-state index is 10.5. The van der Waals surface area contributed by atoms with Gasteiger partial charge in [0.05, 0.1) is 5.60 Å². The van der Waals surface area contributed by atoms with Crippen LogP contribution >= 0.6 is 11.6 Å². The van der Waals surface area contributed by atoms with Crippen molar-refractivity contribution < 1.29 is 5.11 Å². The van der Waals surface area contributed by atoms with Gasteiger partial charge in [0.1, 0.15) is 0 Å². The molecule has 19 heavy (non-hydrogen) atoms. The summed E-state index contributed by atoms with van der Waals surface area (Å²) in [6, 6.07) is 10.6. The van der Waals surface area contributed by atoms with Gasteiger partial charge < -0.3 is 5.11 Å². The fourth-order valence-corrected chi connectivity index (χ4v) is 2.96. The summed E-state index contributed by atoms with van der Waals surface area (Å²) in [5.41, 5.74) is 0.911. The zero-order valence-electron chi connectivity index (χ0n) is 11.5. The number of hydrogen-bond donors (Lipinski definition) is 1. The maximum Gasteiger partial charge on any atom is 0.0672 e. The van der Waals surface area contributed by atoms with Crippen LogP contribution in [0.4, 0.5) is 0 Å². The van der Waals surface area contributed by atoms with Gasteiger partial charge in [0.15, 0.2) is 0 Å². The van der Waals surface area contributed by atoms with Crippen molar-refractivity contribution in [3.8, 4) is 0 Å². The van der Waals surface area contributed by atoms with Crippen LogP contribution in [0, 0.1) is 0 Å². The second-order valence-electron chi connectivity index (χ2n) is 5.63. The van der Waals surface area contributed by atoms with E-state index in [0.29, 0.717) is 5.88 Å². The third-order valence-electron chi connectivity index (χ3n) is 4.06. The normalized spacial score (nSPS) is 19.5. The van der Waals surface area contributed by atoms with E-state index in [4.69, 9.17) is 11.6 Å². The summed E-state index contributed by atoms with van der Waals surface area (Å²) < 4.78 is 0. The largest absolute Gasteiger partial charge is 0.390 e. The molecule has 1 aliphatic rings. The number of benzene rings is 1. The van der Waals surface area contributed by atoms with Crippen molar-refractivity contribution in [3.63, 3.8) is 0 Å². The topological polar surface area (TPSA) is 23.5 Å². The third kappa shape index (κ3) is 4.79. The maximum atomic E-state index is 10.5. The van der Waals surface area contributed by atoms with Crippen LogP contribution in [0.5, 0.6) is 0 Å². The highest BCUT2D eigenvalue weighted by atomic mass is 35.5. The number of likely N-dealkylation sites (tertiary alicyclic amines) is 1. The van der Waals surface area contributed by atoms with Crippen LogP contribution in [0.15, 0.2) is 30.3 Å². The fraction of sp³-hybridized carbons (Fsp3) is 0.625. The molecule has 3 heteroatoms. The number of unbranched alkanes of at least 4 members (excludes halogenated alkanes) is 1. The van der Waals surface area contributed by atoms with Crippen LogP contribution in [-0.4, -0.2) is 34.6 Å². The number of rotatable bonds is 6. The van der Waals surface area contributed by atoms with Crippen molar-refractivity contribution in [2.45, 2.75) is 44.2 Å². The molecule has 0 radical (unpaired) electrons. The molecule has 1 N–H and O–H groups in total. The Kier molecular flexibility index (Phi) is 5.68. The summed E-state index contributed by atoms with van der Waals surface area (Å²) in [4.78, 5) is 2.44. The third-order valence-corrected chi connectivity index (χ3v) is 4.33. The Labute approximate surface area is 121 Å². The molecule has 0 saturated carbocycles. The van der Waals surface area contributed by atoms with Gasteiger partial charge in [-0.1, -0.05) is 30.3 Å². The molecular weight excluding hydrogens is 258 g/mol. The molecule has 0 unspecified atom stereocenters. The van der Waals surface area contributed by atoms with E-state index in [9.17, 15) is 5.11 Å². The molecule has 1 aliphatic heterocycles. The Morgan fingerprint density at radius 1 is 1.11 bits per heavy atom. The van der Waals surface area contributed by atoms with Crippen molar-refractivity contribution in [2.24, 2.45) is 0 Å². The van der Waals surface area contributed by atoms with E-state index >= 15 is 0 Å². The van der Waals surface area contributed by atoms with Gasteiger partial charge in [0, 0.05) is 25.5 Å². The molecular formula is C16H24ClNO. The molecule has 1 saturated heterocycles. The average molecular weight is 282 g/mol. The van der Waals surface area contributed by atoms with Crippen LogP contribution in [0.3, 0.4) is 0 Å². The molecule has 1 aromatic rings. The lowest BCUT2D eigenvalue weighted by atomic mass is 9.86. The highest BCUT2D eigenvalue weighted by Gasteiger charge is 2.31. The monoisotopic (exact) mass is 281 g/mol. The predicted octanol–water partition coefficient (Wildman–Crippen LogP) is 3.42. The van der Waals surface area contributed by atoms with Crippen LogP contribution in [0.2, 0.25) is 0 Å². The second-order valence-corrected chi connectivity index (χ2v) is 6.01. The summed E-state index contributed by atoms with van der Waals surface area (Å²) in [7, 11) is 0. The van der Waals surface area contributed by atoms with Gasteiger partial charge in [-0.25, -0.2) is 0 Å². The van der Waals surface area contributed by atoms with Gasteiger partial charge in [-0.15, -0.1) is 11.6 Å². The van der Waals surface area contributed by atoms with Gasteiger partial charge in [-0.2, -0.15) is 0 Å². The minimum Gasteiger partial charge on any atom is -0.390 e. The first-order valence-corrected chi connectivity index (χ1v) is 7.80. The first-order chi connectivity index (χ1) is 9.22. The molecule has 106 valence electrons. The minimum absolute atomic E-state index is 0.445. The molecule has 0 aliphatic carbocycles. The van der Waals surface area contributed by atoms with E-state index in [0.717, 1.165) is 51.7 Å². The molecule has 2 rings (SSSR count). The smallest absolute Gasteiger partial charge is 0.0672 e. The van der Waals surface area contributed by atoms with Crippen LogP contribution < -0.4 is 0 Å². The first-order valence-electron chi connectivity index (χ1n) is 7.26. The lowest BCUT2D eigenvalue weighted by Gasteiger charge is -2.38. The Morgan fingerprint density at radius 2 is 1.79 bits per heavy atom. The molecule has 0 amide bonds. The van der Waals surface area contributed by atoms with E-state index < -0.39 is 5.60 Å². The Hall–Kier alpha value is -0.570. The summed E-state index contributed by atoms with van der Waals surface area (Å²) in [5.74, 6) is 0.705. The van der Waals surface area contributed by atoms with Crippen molar-refractivity contribution in [2.75, 3.05) is 19.0 Å². The van der Waals surface area contributed by atoms with Gasteiger partial charge >= 0.3 is 0 Å². The number of halogens is 1. The van der Waals surface area contributed by atoms with Crippen molar-refractivity contribution in [1.82, 2.24) is 4.90 Å². The Balaban J connectivity index is 1.75. The van der Waals surface area contributed by atoms with Crippen molar-refractivity contribution >= 4 is 11.6 Å². The van der Waals surface area contributed by atoms with Crippen molar-refractivity contribution in [3.05, 3.63) is 35.9 Å². The van der Waals surface area contributed by atoms with Gasteiger partial charge in [-0.05, 0) is 37.7 Å². The molecule has 1 heterocycles. The second kappa shape index (κ2) is 7.28.